The number of nitrogens with zero attached hydrogens (tertiary/aromatic N) is 5. The summed E-state index contributed by atoms with van der Waals surface area (Å²) < 4.78 is 72.1. The van der Waals surface area contributed by atoms with Crippen LogP contribution in [0.5, 0.6) is 5.88 Å². The fourth-order valence-corrected chi connectivity index (χ4v) is 5.60. The number of pyridine rings is 1. The zero-order valence-electron chi connectivity index (χ0n) is 20.2. The van der Waals surface area contributed by atoms with Gasteiger partial charge in [0.2, 0.25) is 21.9 Å². The molecule has 4 aromatic rings. The third-order valence-corrected chi connectivity index (χ3v) is 8.10. The lowest BCUT2D eigenvalue weighted by Crippen LogP contribution is -2.49. The SMILES string of the molecule is COc1ccnc(N2CCN(S(=O)(=O)c3ccc(Nc4ccnc5cc(C(F)(F)F)ccc45)cc3)CC2)n1. The molecule has 0 amide bonds. The summed E-state index contributed by atoms with van der Waals surface area (Å²) in [5.74, 6) is 0.916. The van der Waals surface area contributed by atoms with Crippen LogP contribution in [0, 0.1) is 0 Å². The van der Waals surface area contributed by atoms with Crippen molar-refractivity contribution in [3.63, 3.8) is 0 Å². The lowest BCUT2D eigenvalue weighted by molar-refractivity contribution is -0.137. The van der Waals surface area contributed by atoms with Crippen molar-refractivity contribution in [2.45, 2.75) is 11.1 Å². The molecular formula is C25H23F3N6O3S. The second-order valence-corrected chi connectivity index (χ2v) is 10.5. The van der Waals surface area contributed by atoms with Gasteiger partial charge in [0.25, 0.3) is 0 Å². The van der Waals surface area contributed by atoms with Crippen LogP contribution in [-0.2, 0) is 16.2 Å². The van der Waals surface area contributed by atoms with Gasteiger partial charge in [-0.3, -0.25) is 4.98 Å². The van der Waals surface area contributed by atoms with E-state index in [-0.39, 0.29) is 23.5 Å². The maximum absolute atomic E-state index is 13.2. The zero-order chi connectivity index (χ0) is 26.9. The molecule has 5 rings (SSSR count). The van der Waals surface area contributed by atoms with Gasteiger partial charge in [0.05, 0.1) is 23.1 Å². The minimum Gasteiger partial charge on any atom is -0.481 e. The molecule has 198 valence electrons. The van der Waals surface area contributed by atoms with E-state index < -0.39 is 21.8 Å². The van der Waals surface area contributed by atoms with Crippen LogP contribution in [0.15, 0.2) is 71.9 Å². The van der Waals surface area contributed by atoms with E-state index in [4.69, 9.17) is 4.74 Å². The van der Waals surface area contributed by atoms with Gasteiger partial charge < -0.3 is 15.0 Å². The Morgan fingerprint density at radius 1 is 0.921 bits per heavy atom. The molecule has 1 aliphatic rings. The van der Waals surface area contributed by atoms with Gasteiger partial charge in [0.1, 0.15) is 0 Å². The van der Waals surface area contributed by atoms with Crippen molar-refractivity contribution in [3.8, 4) is 5.88 Å². The van der Waals surface area contributed by atoms with Gasteiger partial charge in [-0.15, -0.1) is 0 Å². The standard InChI is InChI=1S/C25H23F3N6O3S/c1-37-23-9-11-30-24(32-23)33-12-14-34(15-13-33)38(35,36)19-5-3-18(4-6-19)31-21-8-10-29-22-16-17(25(26,27)28)2-7-20(21)22/h2-11,16H,12-15H2,1H3,(H,29,31). The molecule has 3 heterocycles. The highest BCUT2D eigenvalue weighted by Gasteiger charge is 2.31. The molecule has 0 saturated carbocycles. The second kappa shape index (κ2) is 10.1. The molecular weight excluding hydrogens is 521 g/mol. The van der Waals surface area contributed by atoms with Crippen LogP contribution < -0.4 is 15.0 Å². The van der Waals surface area contributed by atoms with Crippen molar-refractivity contribution >= 4 is 38.2 Å². The molecule has 2 aromatic heterocycles. The normalized spacial score (nSPS) is 15.0. The Kier molecular flexibility index (Phi) is 6.80. The second-order valence-electron chi connectivity index (χ2n) is 8.53. The predicted molar refractivity (Wildman–Crippen MR) is 136 cm³/mol. The zero-order valence-corrected chi connectivity index (χ0v) is 21.0. The lowest BCUT2D eigenvalue weighted by atomic mass is 10.1. The average molecular weight is 545 g/mol. The average Bonchev–Trinajstić information content (AvgIpc) is 2.93. The molecule has 0 spiro atoms. The number of methoxy groups -OCH3 is 1. The van der Waals surface area contributed by atoms with E-state index in [9.17, 15) is 21.6 Å². The van der Waals surface area contributed by atoms with Gasteiger partial charge in [-0.25, -0.2) is 13.4 Å². The Bertz CT molecular complexity index is 1560. The van der Waals surface area contributed by atoms with E-state index in [0.29, 0.717) is 41.7 Å². The smallest absolute Gasteiger partial charge is 0.416 e. The molecule has 1 fully saturated rings. The number of sulfonamides is 1. The van der Waals surface area contributed by atoms with Crippen LogP contribution in [0.1, 0.15) is 5.56 Å². The van der Waals surface area contributed by atoms with Crippen LogP contribution in [0.3, 0.4) is 0 Å². The molecule has 0 bridgehead atoms. The maximum Gasteiger partial charge on any atom is 0.416 e. The molecule has 9 nitrogen and oxygen atoms in total. The Balaban J connectivity index is 1.28. The summed E-state index contributed by atoms with van der Waals surface area (Å²) >= 11 is 0. The molecule has 1 aliphatic heterocycles. The van der Waals surface area contributed by atoms with Crippen molar-refractivity contribution in [1.82, 2.24) is 19.3 Å². The van der Waals surface area contributed by atoms with Crippen LogP contribution >= 0.6 is 0 Å². The third-order valence-electron chi connectivity index (χ3n) is 6.19. The minimum absolute atomic E-state index is 0.142. The molecule has 2 aromatic carbocycles. The van der Waals surface area contributed by atoms with Gasteiger partial charge >= 0.3 is 6.18 Å². The molecule has 0 aliphatic carbocycles. The summed E-state index contributed by atoms with van der Waals surface area (Å²) in [7, 11) is -2.21. The monoisotopic (exact) mass is 544 g/mol. The molecule has 38 heavy (non-hydrogen) atoms. The highest BCUT2D eigenvalue weighted by atomic mass is 32.2. The minimum atomic E-state index is -4.46. The molecule has 1 saturated heterocycles. The van der Waals surface area contributed by atoms with E-state index >= 15 is 0 Å². The number of nitrogens with one attached hydrogen (secondary N) is 1. The van der Waals surface area contributed by atoms with Crippen molar-refractivity contribution in [2.24, 2.45) is 0 Å². The summed E-state index contributed by atoms with van der Waals surface area (Å²) in [5.41, 5.74) is 0.551. The Morgan fingerprint density at radius 3 is 2.32 bits per heavy atom. The first kappa shape index (κ1) is 25.7. The van der Waals surface area contributed by atoms with Crippen LogP contribution in [0.2, 0.25) is 0 Å². The highest BCUT2D eigenvalue weighted by molar-refractivity contribution is 7.89. The quantitative estimate of drug-likeness (QED) is 0.384. The Labute approximate surface area is 217 Å². The van der Waals surface area contributed by atoms with E-state index in [1.165, 1.54) is 35.8 Å². The molecule has 0 atom stereocenters. The lowest BCUT2D eigenvalue weighted by Gasteiger charge is -2.34. The number of benzene rings is 2. The van der Waals surface area contributed by atoms with Gasteiger partial charge in [0, 0.05) is 61.4 Å². The van der Waals surface area contributed by atoms with E-state index in [2.05, 4.69) is 20.3 Å². The van der Waals surface area contributed by atoms with E-state index in [0.717, 1.165) is 12.1 Å². The number of aromatic nitrogens is 3. The maximum atomic E-state index is 13.2. The molecule has 0 radical (unpaired) electrons. The highest BCUT2D eigenvalue weighted by Crippen LogP contribution is 2.33. The van der Waals surface area contributed by atoms with Crippen LogP contribution in [0.25, 0.3) is 10.9 Å². The number of ether oxygens (including phenoxy) is 1. The third kappa shape index (κ3) is 5.20. The summed E-state index contributed by atoms with van der Waals surface area (Å²) in [5, 5.41) is 3.65. The van der Waals surface area contributed by atoms with Crippen molar-refractivity contribution in [2.75, 3.05) is 43.5 Å². The number of halogens is 3. The van der Waals surface area contributed by atoms with E-state index in [1.807, 2.05) is 4.90 Å². The number of piperazine rings is 1. The van der Waals surface area contributed by atoms with Gasteiger partial charge in [-0.2, -0.15) is 22.5 Å². The summed E-state index contributed by atoms with van der Waals surface area (Å²) in [6.45, 7) is 1.39. The number of alkyl halides is 3. The molecule has 13 heteroatoms. The van der Waals surface area contributed by atoms with Crippen LogP contribution in [0.4, 0.5) is 30.5 Å². The number of anilines is 3. The first-order valence-corrected chi connectivity index (χ1v) is 13.0. The Hall–Kier alpha value is -3.97. The first-order chi connectivity index (χ1) is 18.1. The topological polar surface area (TPSA) is 101 Å². The van der Waals surface area contributed by atoms with Gasteiger partial charge in [-0.05, 0) is 42.5 Å². The largest absolute Gasteiger partial charge is 0.481 e. The molecule has 1 N–H and O–H groups in total. The molecule has 0 unspecified atom stereocenters. The van der Waals surface area contributed by atoms with E-state index in [1.54, 1.807) is 30.5 Å². The van der Waals surface area contributed by atoms with Crippen molar-refractivity contribution in [3.05, 3.63) is 72.6 Å². The van der Waals surface area contributed by atoms with Gasteiger partial charge in [-0.1, -0.05) is 6.07 Å². The Morgan fingerprint density at radius 2 is 1.63 bits per heavy atom. The number of hydrogen-bond donors (Lipinski definition) is 1. The first-order valence-electron chi connectivity index (χ1n) is 11.6. The summed E-state index contributed by atoms with van der Waals surface area (Å²) in [6, 6.07) is 12.9. The van der Waals surface area contributed by atoms with Crippen LogP contribution in [-0.4, -0.2) is 61.0 Å². The summed E-state index contributed by atoms with van der Waals surface area (Å²) in [4.78, 5) is 14.6. The number of rotatable bonds is 6. The summed E-state index contributed by atoms with van der Waals surface area (Å²) in [6.07, 6.45) is -1.45. The van der Waals surface area contributed by atoms with Crippen molar-refractivity contribution in [1.29, 1.82) is 0 Å². The predicted octanol–water partition coefficient (Wildman–Crippen LogP) is 4.31. The fraction of sp³-hybridized carbons (Fsp3) is 0.240. The number of fused-ring (bicyclic) bond motifs is 1. The van der Waals surface area contributed by atoms with Crippen molar-refractivity contribution < 1.29 is 26.3 Å². The number of hydrogen-bond acceptors (Lipinski definition) is 8. The van der Waals surface area contributed by atoms with Gasteiger partial charge in [0.15, 0.2) is 0 Å². The fourth-order valence-electron chi connectivity index (χ4n) is 4.18.